The van der Waals surface area contributed by atoms with Crippen molar-refractivity contribution in [2.75, 3.05) is 6.61 Å². The molecule has 0 aromatic heterocycles. The van der Waals surface area contributed by atoms with Crippen molar-refractivity contribution in [2.24, 2.45) is 5.92 Å². The first kappa shape index (κ1) is 9.37. The molecule has 4 unspecified atom stereocenters. The van der Waals surface area contributed by atoms with E-state index in [1.807, 2.05) is 0 Å². The smallest absolute Gasteiger partial charge is 0.0845 e. The molecular formula is C11H20O2Si. The second kappa shape index (κ2) is 3.32. The molecule has 3 fully saturated rings. The topological polar surface area (TPSA) is 21.8 Å². The Kier molecular flexibility index (Phi) is 2.22. The lowest BCUT2D eigenvalue weighted by atomic mass is 9.82. The highest BCUT2D eigenvalue weighted by atomic mass is 28.1. The van der Waals surface area contributed by atoms with Gasteiger partial charge in [0.1, 0.15) is 0 Å². The number of hydrogen-bond acceptors (Lipinski definition) is 2. The molecule has 0 aromatic rings. The van der Waals surface area contributed by atoms with E-state index in [1.165, 1.54) is 48.8 Å². The maximum atomic E-state index is 6.08. The Hall–Kier alpha value is 0.137. The fourth-order valence-corrected chi connectivity index (χ4v) is 4.32. The van der Waals surface area contributed by atoms with E-state index in [1.54, 1.807) is 0 Å². The van der Waals surface area contributed by atoms with Gasteiger partial charge in [0.25, 0.3) is 0 Å². The Morgan fingerprint density at radius 1 is 1.14 bits per heavy atom. The maximum Gasteiger partial charge on any atom is 0.0845 e. The molecule has 1 saturated carbocycles. The van der Waals surface area contributed by atoms with E-state index in [2.05, 4.69) is 0 Å². The highest BCUT2D eigenvalue weighted by Crippen LogP contribution is 2.45. The summed E-state index contributed by atoms with van der Waals surface area (Å²) in [5.74, 6) is 0.818. The van der Waals surface area contributed by atoms with Crippen LogP contribution in [0.1, 0.15) is 38.5 Å². The third-order valence-corrected chi connectivity index (χ3v) is 5.97. The van der Waals surface area contributed by atoms with Crippen molar-refractivity contribution >= 4 is 10.2 Å². The average molecular weight is 212 g/mol. The Balaban J connectivity index is 1.67. The highest BCUT2D eigenvalue weighted by Gasteiger charge is 2.49. The molecule has 0 aromatic carbocycles. The molecule has 0 amide bonds. The van der Waals surface area contributed by atoms with E-state index < -0.39 is 0 Å². The fourth-order valence-electron chi connectivity index (χ4n) is 3.24. The van der Waals surface area contributed by atoms with Gasteiger partial charge in [-0.25, -0.2) is 0 Å². The molecule has 3 aliphatic rings. The first-order valence-corrected chi connectivity index (χ1v) is 7.07. The molecule has 0 N–H and O–H groups in total. The largest absolute Gasteiger partial charge is 0.379 e. The monoisotopic (exact) mass is 212 g/mol. The second-order valence-electron chi connectivity index (χ2n) is 5.34. The number of ether oxygens (including phenoxy) is 2. The SMILES string of the molecule is [SiH3]C1(C2CCC3OC3C2)CCCCO1. The predicted octanol–water partition coefficient (Wildman–Crippen LogP) is 0.816. The van der Waals surface area contributed by atoms with Crippen LogP contribution in [0.5, 0.6) is 0 Å². The summed E-state index contributed by atoms with van der Waals surface area (Å²) in [5.41, 5.74) is 0. The van der Waals surface area contributed by atoms with Gasteiger partial charge in [0, 0.05) is 16.8 Å². The molecule has 4 atom stereocenters. The van der Waals surface area contributed by atoms with Gasteiger partial charge in [0.2, 0.25) is 0 Å². The summed E-state index contributed by atoms with van der Waals surface area (Å²) in [4.78, 5) is 0. The zero-order valence-corrected chi connectivity index (χ0v) is 11.0. The fraction of sp³-hybridized carbons (Fsp3) is 1.00. The van der Waals surface area contributed by atoms with Crippen LogP contribution >= 0.6 is 0 Å². The van der Waals surface area contributed by atoms with Gasteiger partial charge in [-0.05, 0) is 44.4 Å². The highest BCUT2D eigenvalue weighted by molar-refractivity contribution is 6.14. The minimum absolute atomic E-state index is 0.315. The van der Waals surface area contributed by atoms with Crippen LogP contribution in [0.4, 0.5) is 0 Å². The number of rotatable bonds is 1. The Bertz CT molecular complexity index is 225. The average Bonchev–Trinajstić information content (AvgIpc) is 2.96. The summed E-state index contributed by atoms with van der Waals surface area (Å²) >= 11 is 0. The van der Waals surface area contributed by atoms with Gasteiger partial charge < -0.3 is 9.47 Å². The molecule has 2 nitrogen and oxygen atoms in total. The van der Waals surface area contributed by atoms with Crippen LogP contribution in [0.25, 0.3) is 0 Å². The Labute approximate surface area is 88.8 Å². The van der Waals surface area contributed by atoms with Crippen LogP contribution in [0.15, 0.2) is 0 Å². The van der Waals surface area contributed by atoms with E-state index in [4.69, 9.17) is 9.47 Å². The summed E-state index contributed by atoms with van der Waals surface area (Å²) in [5, 5.41) is 0.315. The van der Waals surface area contributed by atoms with E-state index in [0.29, 0.717) is 17.4 Å². The summed E-state index contributed by atoms with van der Waals surface area (Å²) in [6, 6.07) is 0. The van der Waals surface area contributed by atoms with Gasteiger partial charge in [-0.15, -0.1) is 0 Å². The molecule has 14 heavy (non-hydrogen) atoms. The summed E-state index contributed by atoms with van der Waals surface area (Å²) in [7, 11) is 1.20. The summed E-state index contributed by atoms with van der Waals surface area (Å²) in [6.07, 6.45) is 9.17. The van der Waals surface area contributed by atoms with Crippen molar-refractivity contribution in [3.63, 3.8) is 0 Å². The summed E-state index contributed by atoms with van der Waals surface area (Å²) < 4.78 is 11.7. The molecule has 3 rings (SSSR count). The van der Waals surface area contributed by atoms with E-state index in [-0.39, 0.29) is 0 Å². The van der Waals surface area contributed by atoms with Crippen molar-refractivity contribution < 1.29 is 9.47 Å². The standard InChI is InChI=1S/C11H20O2Si/c14-11(5-1-2-6-12-11)8-3-4-9-10(7-8)13-9/h8-10H,1-7H2,14H3. The second-order valence-corrected chi connectivity index (χ2v) is 7.03. The van der Waals surface area contributed by atoms with E-state index in [9.17, 15) is 0 Å². The van der Waals surface area contributed by atoms with Gasteiger partial charge in [-0.1, -0.05) is 0 Å². The molecule has 2 aliphatic heterocycles. The van der Waals surface area contributed by atoms with Crippen LogP contribution < -0.4 is 0 Å². The third-order valence-electron chi connectivity index (χ3n) is 4.37. The van der Waals surface area contributed by atoms with Gasteiger partial charge in [-0.2, -0.15) is 0 Å². The lowest BCUT2D eigenvalue weighted by Gasteiger charge is -2.42. The minimum atomic E-state index is 0.315. The van der Waals surface area contributed by atoms with Crippen molar-refractivity contribution in [2.45, 2.75) is 56.0 Å². The predicted molar refractivity (Wildman–Crippen MR) is 58.5 cm³/mol. The molecule has 3 heteroatoms. The Morgan fingerprint density at radius 3 is 2.79 bits per heavy atom. The molecule has 1 aliphatic carbocycles. The number of epoxide rings is 1. The van der Waals surface area contributed by atoms with Gasteiger partial charge >= 0.3 is 0 Å². The lowest BCUT2D eigenvalue weighted by Crippen LogP contribution is -2.45. The van der Waals surface area contributed by atoms with Crippen LogP contribution in [0.3, 0.4) is 0 Å². The minimum Gasteiger partial charge on any atom is -0.379 e. The van der Waals surface area contributed by atoms with Crippen molar-refractivity contribution in [3.05, 3.63) is 0 Å². The first-order valence-electron chi connectivity index (χ1n) is 6.07. The van der Waals surface area contributed by atoms with Crippen LogP contribution in [0, 0.1) is 5.92 Å². The molecule has 2 saturated heterocycles. The van der Waals surface area contributed by atoms with E-state index >= 15 is 0 Å². The number of fused-ring (bicyclic) bond motifs is 1. The van der Waals surface area contributed by atoms with Crippen molar-refractivity contribution in [1.29, 1.82) is 0 Å². The van der Waals surface area contributed by atoms with Crippen LogP contribution in [-0.4, -0.2) is 34.3 Å². The molecule has 0 spiro atoms. The maximum absolute atomic E-state index is 6.08. The molecule has 0 bridgehead atoms. The first-order chi connectivity index (χ1) is 6.78. The Morgan fingerprint density at radius 2 is 2.07 bits per heavy atom. The molecule has 80 valence electrons. The molecule has 2 heterocycles. The third kappa shape index (κ3) is 1.55. The van der Waals surface area contributed by atoms with E-state index in [0.717, 1.165) is 12.5 Å². The van der Waals surface area contributed by atoms with Gasteiger partial charge in [0.05, 0.1) is 17.4 Å². The van der Waals surface area contributed by atoms with Gasteiger partial charge in [0.15, 0.2) is 0 Å². The van der Waals surface area contributed by atoms with Crippen molar-refractivity contribution in [3.8, 4) is 0 Å². The quantitative estimate of drug-likeness (QED) is 0.474. The zero-order valence-electron chi connectivity index (χ0n) is 9.00. The van der Waals surface area contributed by atoms with Crippen molar-refractivity contribution in [1.82, 2.24) is 0 Å². The van der Waals surface area contributed by atoms with Crippen LogP contribution in [-0.2, 0) is 9.47 Å². The molecular weight excluding hydrogens is 192 g/mol. The van der Waals surface area contributed by atoms with Crippen LogP contribution in [0.2, 0.25) is 0 Å². The number of hydrogen-bond donors (Lipinski definition) is 0. The molecule has 0 radical (unpaired) electrons. The normalized spacial score (nSPS) is 52.7. The zero-order chi connectivity index (χ0) is 9.60. The van der Waals surface area contributed by atoms with Gasteiger partial charge in [-0.3, -0.25) is 0 Å². The summed E-state index contributed by atoms with van der Waals surface area (Å²) in [6.45, 7) is 1.01. The lowest BCUT2D eigenvalue weighted by molar-refractivity contribution is -0.0628.